The zero-order valence-corrected chi connectivity index (χ0v) is 17.3. The fourth-order valence-corrected chi connectivity index (χ4v) is 3.83. The van der Waals surface area contributed by atoms with E-state index >= 15 is 0 Å². The molecule has 0 spiro atoms. The average Bonchev–Trinajstić information content (AvgIpc) is 3.05. The Hall–Kier alpha value is -1.56. The van der Waals surface area contributed by atoms with Crippen LogP contribution in [0.3, 0.4) is 0 Å². The maximum Gasteiger partial charge on any atom is 0.253 e. The summed E-state index contributed by atoms with van der Waals surface area (Å²) in [6.07, 6.45) is 0.546. The predicted octanol–water partition coefficient (Wildman–Crippen LogP) is 4.86. The highest BCUT2D eigenvalue weighted by molar-refractivity contribution is 7.09. The Morgan fingerprint density at radius 3 is 2.54 bits per heavy atom. The summed E-state index contributed by atoms with van der Waals surface area (Å²) in [7, 11) is 1.75. The standard InChI is InChI=1S/C19H22Cl2N2O2S/c1-12(2)9-17(19(25)23(3)11-14-5-4-8-26-14)22-18(24)15-7-6-13(20)10-16(15)21/h4-8,10,12,17H,9,11H2,1-3H3,(H,22,24). The number of hydrogen-bond acceptors (Lipinski definition) is 3. The van der Waals surface area contributed by atoms with Crippen molar-refractivity contribution in [1.82, 2.24) is 10.2 Å². The molecule has 7 heteroatoms. The van der Waals surface area contributed by atoms with Crippen molar-refractivity contribution in [3.63, 3.8) is 0 Å². The van der Waals surface area contributed by atoms with Crippen LogP contribution in [0.15, 0.2) is 35.7 Å². The van der Waals surface area contributed by atoms with Gasteiger partial charge < -0.3 is 10.2 Å². The second-order valence-corrected chi connectivity index (χ2v) is 8.43. The summed E-state index contributed by atoms with van der Waals surface area (Å²) in [5.41, 5.74) is 0.304. The van der Waals surface area contributed by atoms with Gasteiger partial charge in [0.05, 0.1) is 17.1 Å². The third-order valence-corrected chi connectivity index (χ3v) is 5.24. The topological polar surface area (TPSA) is 49.4 Å². The lowest BCUT2D eigenvalue weighted by Crippen LogP contribution is -2.47. The number of nitrogens with one attached hydrogen (secondary N) is 1. The molecule has 2 aromatic rings. The Morgan fingerprint density at radius 2 is 1.96 bits per heavy atom. The van der Waals surface area contributed by atoms with Gasteiger partial charge in [-0.1, -0.05) is 43.1 Å². The summed E-state index contributed by atoms with van der Waals surface area (Å²) in [6, 6.07) is 8.00. The molecule has 0 fully saturated rings. The first-order chi connectivity index (χ1) is 12.3. The predicted molar refractivity (Wildman–Crippen MR) is 108 cm³/mol. The quantitative estimate of drug-likeness (QED) is 0.705. The average molecular weight is 413 g/mol. The second kappa shape index (κ2) is 9.40. The van der Waals surface area contributed by atoms with Crippen LogP contribution in [0, 0.1) is 5.92 Å². The molecule has 26 heavy (non-hydrogen) atoms. The molecule has 0 saturated heterocycles. The monoisotopic (exact) mass is 412 g/mol. The van der Waals surface area contributed by atoms with Crippen LogP contribution in [0.1, 0.15) is 35.5 Å². The van der Waals surface area contributed by atoms with E-state index in [1.807, 2.05) is 31.4 Å². The van der Waals surface area contributed by atoms with Crippen molar-refractivity contribution in [2.45, 2.75) is 32.9 Å². The van der Waals surface area contributed by atoms with Crippen molar-refractivity contribution in [2.24, 2.45) is 5.92 Å². The van der Waals surface area contributed by atoms with Gasteiger partial charge in [0.25, 0.3) is 5.91 Å². The molecule has 2 amide bonds. The van der Waals surface area contributed by atoms with Crippen LogP contribution in [0.4, 0.5) is 0 Å². The minimum Gasteiger partial charge on any atom is -0.340 e. The highest BCUT2D eigenvalue weighted by atomic mass is 35.5. The van der Waals surface area contributed by atoms with Crippen LogP contribution < -0.4 is 5.32 Å². The number of likely N-dealkylation sites (N-methyl/N-ethyl adjacent to an activating group) is 1. The van der Waals surface area contributed by atoms with Crippen molar-refractivity contribution in [1.29, 1.82) is 0 Å². The van der Waals surface area contributed by atoms with E-state index in [2.05, 4.69) is 5.32 Å². The first-order valence-electron chi connectivity index (χ1n) is 8.31. The fraction of sp³-hybridized carbons (Fsp3) is 0.368. The molecule has 1 aromatic heterocycles. The molecule has 1 heterocycles. The highest BCUT2D eigenvalue weighted by Crippen LogP contribution is 2.21. The van der Waals surface area contributed by atoms with E-state index < -0.39 is 6.04 Å². The van der Waals surface area contributed by atoms with Crippen molar-refractivity contribution in [2.75, 3.05) is 7.05 Å². The van der Waals surface area contributed by atoms with Crippen molar-refractivity contribution in [3.8, 4) is 0 Å². The number of carbonyl (C=O) groups excluding carboxylic acids is 2. The van der Waals surface area contributed by atoms with Crippen molar-refractivity contribution in [3.05, 3.63) is 56.2 Å². The third kappa shape index (κ3) is 5.73. The molecule has 140 valence electrons. The van der Waals surface area contributed by atoms with Gasteiger partial charge in [0, 0.05) is 16.9 Å². The third-order valence-electron chi connectivity index (χ3n) is 3.84. The number of halogens is 2. The van der Waals surface area contributed by atoms with Crippen LogP contribution >= 0.6 is 34.5 Å². The lowest BCUT2D eigenvalue weighted by molar-refractivity contribution is -0.132. The molecule has 1 aromatic carbocycles. The van der Waals surface area contributed by atoms with Crippen LogP contribution in [-0.2, 0) is 11.3 Å². The Morgan fingerprint density at radius 1 is 1.23 bits per heavy atom. The van der Waals surface area contributed by atoms with Gasteiger partial charge in [-0.25, -0.2) is 0 Å². The number of benzene rings is 1. The number of nitrogens with zero attached hydrogens (tertiary/aromatic N) is 1. The number of rotatable bonds is 7. The zero-order valence-electron chi connectivity index (χ0n) is 15.0. The van der Waals surface area contributed by atoms with Gasteiger partial charge >= 0.3 is 0 Å². The molecule has 0 aliphatic heterocycles. The maximum absolute atomic E-state index is 12.9. The molecular weight excluding hydrogens is 391 g/mol. The highest BCUT2D eigenvalue weighted by Gasteiger charge is 2.26. The number of thiophene rings is 1. The Balaban J connectivity index is 2.12. The molecule has 2 rings (SSSR count). The molecule has 0 aliphatic rings. The molecule has 1 N–H and O–H groups in total. The summed E-state index contributed by atoms with van der Waals surface area (Å²) < 4.78 is 0. The Bertz CT molecular complexity index is 763. The molecule has 4 nitrogen and oxygen atoms in total. The van der Waals surface area contributed by atoms with Gasteiger partial charge in [0.2, 0.25) is 5.91 Å². The van der Waals surface area contributed by atoms with E-state index in [0.29, 0.717) is 23.6 Å². The lowest BCUT2D eigenvalue weighted by Gasteiger charge is -2.25. The maximum atomic E-state index is 12.9. The Kier molecular flexibility index (Phi) is 7.50. The summed E-state index contributed by atoms with van der Waals surface area (Å²) in [6.45, 7) is 4.55. The van der Waals surface area contributed by atoms with Gasteiger partial charge in [-0.2, -0.15) is 0 Å². The molecule has 0 saturated carbocycles. The van der Waals surface area contributed by atoms with Crippen molar-refractivity contribution >= 4 is 46.4 Å². The normalized spacial score (nSPS) is 12.1. The molecule has 1 atom stereocenters. The van der Waals surface area contributed by atoms with E-state index in [1.54, 1.807) is 35.4 Å². The second-order valence-electron chi connectivity index (χ2n) is 6.55. The van der Waals surface area contributed by atoms with E-state index in [0.717, 1.165) is 4.88 Å². The summed E-state index contributed by atoms with van der Waals surface area (Å²) in [5.74, 6) is -0.249. The first-order valence-corrected chi connectivity index (χ1v) is 9.94. The van der Waals surface area contributed by atoms with Gasteiger partial charge in [0.1, 0.15) is 6.04 Å². The molecule has 0 radical (unpaired) electrons. The van der Waals surface area contributed by atoms with Crippen LogP contribution in [0.5, 0.6) is 0 Å². The smallest absolute Gasteiger partial charge is 0.253 e. The van der Waals surface area contributed by atoms with Crippen LogP contribution in [0.2, 0.25) is 10.0 Å². The largest absolute Gasteiger partial charge is 0.340 e. The van der Waals surface area contributed by atoms with Crippen LogP contribution in [0.25, 0.3) is 0 Å². The minimum atomic E-state index is -0.612. The van der Waals surface area contributed by atoms with Crippen molar-refractivity contribution < 1.29 is 9.59 Å². The molecule has 0 bridgehead atoms. The fourth-order valence-electron chi connectivity index (χ4n) is 2.58. The number of hydrogen-bond donors (Lipinski definition) is 1. The van der Waals surface area contributed by atoms with E-state index in [4.69, 9.17) is 23.2 Å². The summed E-state index contributed by atoms with van der Waals surface area (Å²) in [4.78, 5) is 28.2. The molecule has 1 unspecified atom stereocenters. The molecular formula is C19H22Cl2N2O2S. The number of amides is 2. The van der Waals surface area contributed by atoms with Gasteiger partial charge in [-0.05, 0) is 42.0 Å². The van der Waals surface area contributed by atoms with E-state index in [9.17, 15) is 9.59 Å². The van der Waals surface area contributed by atoms with Crippen LogP contribution in [-0.4, -0.2) is 29.8 Å². The minimum absolute atomic E-state index is 0.120. The van der Waals surface area contributed by atoms with E-state index in [1.165, 1.54) is 6.07 Å². The summed E-state index contributed by atoms with van der Waals surface area (Å²) in [5, 5.41) is 5.52. The lowest BCUT2D eigenvalue weighted by atomic mass is 10.0. The SMILES string of the molecule is CC(C)CC(NC(=O)c1ccc(Cl)cc1Cl)C(=O)N(C)Cc1cccs1. The summed E-state index contributed by atoms with van der Waals surface area (Å²) >= 11 is 13.6. The Labute approximate surface area is 168 Å². The number of carbonyl (C=O) groups is 2. The first kappa shape index (κ1) is 20.7. The zero-order chi connectivity index (χ0) is 19.3. The van der Waals surface area contributed by atoms with Gasteiger partial charge in [-0.15, -0.1) is 11.3 Å². The van der Waals surface area contributed by atoms with Gasteiger partial charge in [-0.3, -0.25) is 9.59 Å². The van der Waals surface area contributed by atoms with Gasteiger partial charge in [0.15, 0.2) is 0 Å². The molecule has 0 aliphatic carbocycles. The van der Waals surface area contributed by atoms with E-state index in [-0.39, 0.29) is 22.8 Å².